The van der Waals surface area contributed by atoms with Crippen molar-refractivity contribution < 1.29 is 0 Å². The standard InChI is InChI=1S/C35H19N3S2/c36-20-25-28(37-26-14-5-1-10-21(26)34-32(37)23-12-3-7-18-30(23)39-34)16-9-17-29(25)38-27-15-6-2-11-22(27)35-33(38)24-13-4-8-19-31(24)40-35/h1-19H. The van der Waals surface area contributed by atoms with E-state index in [0.717, 1.165) is 22.4 Å². The van der Waals surface area contributed by atoms with E-state index in [4.69, 9.17) is 0 Å². The molecule has 0 radical (unpaired) electrons. The van der Waals surface area contributed by atoms with Crippen LogP contribution in [0.25, 0.3) is 73.8 Å². The van der Waals surface area contributed by atoms with Gasteiger partial charge in [0.1, 0.15) is 11.6 Å². The monoisotopic (exact) mass is 545 g/mol. The van der Waals surface area contributed by atoms with E-state index in [1.54, 1.807) is 0 Å². The minimum absolute atomic E-state index is 0.665. The van der Waals surface area contributed by atoms with Gasteiger partial charge >= 0.3 is 0 Å². The van der Waals surface area contributed by atoms with Gasteiger partial charge < -0.3 is 9.13 Å². The highest BCUT2D eigenvalue weighted by Crippen LogP contribution is 2.45. The molecule has 0 bridgehead atoms. The second kappa shape index (κ2) is 8.06. The van der Waals surface area contributed by atoms with Gasteiger partial charge in [0.25, 0.3) is 0 Å². The Balaban J connectivity index is 1.46. The molecule has 9 rings (SSSR count). The first-order chi connectivity index (χ1) is 19.8. The molecule has 0 saturated carbocycles. The predicted octanol–water partition coefficient (Wildman–Crippen LogP) is 10.2. The van der Waals surface area contributed by atoms with Crippen molar-refractivity contribution in [3.63, 3.8) is 0 Å². The van der Waals surface area contributed by atoms with Crippen molar-refractivity contribution in [1.29, 1.82) is 5.26 Å². The van der Waals surface area contributed by atoms with Crippen LogP contribution in [0, 0.1) is 11.3 Å². The molecule has 0 aliphatic heterocycles. The molecule has 5 heteroatoms. The van der Waals surface area contributed by atoms with E-state index in [1.807, 2.05) is 22.7 Å². The van der Waals surface area contributed by atoms with Crippen LogP contribution in [0.4, 0.5) is 0 Å². The van der Waals surface area contributed by atoms with Gasteiger partial charge in [-0.05, 0) is 36.4 Å². The van der Waals surface area contributed by atoms with Crippen LogP contribution in [0.3, 0.4) is 0 Å². The summed E-state index contributed by atoms with van der Waals surface area (Å²) < 4.78 is 9.63. The summed E-state index contributed by atoms with van der Waals surface area (Å²) in [6.45, 7) is 0. The SMILES string of the molecule is N#Cc1c(-n2c3ccccc3c3sc4ccccc4c32)cccc1-n1c2ccccc2c2sc3ccccc3c21. The van der Waals surface area contributed by atoms with Gasteiger partial charge in [-0.1, -0.05) is 78.9 Å². The van der Waals surface area contributed by atoms with Gasteiger partial charge in [-0.3, -0.25) is 0 Å². The Morgan fingerprint density at radius 2 is 0.900 bits per heavy atom. The predicted molar refractivity (Wildman–Crippen MR) is 171 cm³/mol. The normalized spacial score (nSPS) is 12.0. The largest absolute Gasteiger partial charge is 0.306 e. The fourth-order valence-electron chi connectivity index (χ4n) is 6.35. The smallest absolute Gasteiger partial charge is 0.104 e. The molecule has 186 valence electrons. The van der Waals surface area contributed by atoms with Crippen molar-refractivity contribution in [2.75, 3.05) is 0 Å². The van der Waals surface area contributed by atoms with Crippen LogP contribution in [-0.4, -0.2) is 9.13 Å². The Kier molecular flexibility index (Phi) is 4.43. The van der Waals surface area contributed by atoms with Crippen LogP contribution in [0.5, 0.6) is 0 Å². The zero-order valence-corrected chi connectivity index (χ0v) is 22.8. The lowest BCUT2D eigenvalue weighted by molar-refractivity contribution is 1.12. The molecule has 9 aromatic rings. The molecular weight excluding hydrogens is 527 g/mol. The zero-order valence-electron chi connectivity index (χ0n) is 21.1. The molecule has 5 aromatic carbocycles. The highest BCUT2D eigenvalue weighted by molar-refractivity contribution is 7.27. The number of para-hydroxylation sites is 2. The summed E-state index contributed by atoms with van der Waals surface area (Å²) in [5.74, 6) is 0. The second-order valence-corrected chi connectivity index (χ2v) is 12.1. The van der Waals surface area contributed by atoms with Gasteiger partial charge in [0.15, 0.2) is 0 Å². The highest BCUT2D eigenvalue weighted by Gasteiger charge is 2.23. The molecular formula is C35H19N3S2. The lowest BCUT2D eigenvalue weighted by Gasteiger charge is -2.15. The Morgan fingerprint density at radius 3 is 1.38 bits per heavy atom. The fraction of sp³-hybridized carbons (Fsp3) is 0. The van der Waals surface area contributed by atoms with E-state index in [1.165, 1.54) is 51.4 Å². The maximum absolute atomic E-state index is 10.8. The van der Waals surface area contributed by atoms with Crippen molar-refractivity contribution in [3.8, 4) is 17.4 Å². The van der Waals surface area contributed by atoms with E-state index >= 15 is 0 Å². The molecule has 0 saturated heterocycles. The first-order valence-electron chi connectivity index (χ1n) is 13.2. The van der Waals surface area contributed by atoms with E-state index in [2.05, 4.69) is 130 Å². The molecule has 0 N–H and O–H groups in total. The van der Waals surface area contributed by atoms with E-state index in [9.17, 15) is 5.26 Å². The summed E-state index contributed by atoms with van der Waals surface area (Å²) in [7, 11) is 0. The molecule has 0 aliphatic carbocycles. The number of hydrogen-bond acceptors (Lipinski definition) is 3. The Labute approximate surface area is 237 Å². The number of aromatic nitrogens is 2. The number of hydrogen-bond donors (Lipinski definition) is 0. The van der Waals surface area contributed by atoms with Crippen LogP contribution < -0.4 is 0 Å². The van der Waals surface area contributed by atoms with Crippen molar-refractivity contribution >= 4 is 85.1 Å². The quantitative estimate of drug-likeness (QED) is 0.213. The van der Waals surface area contributed by atoms with Gasteiger partial charge in [-0.15, -0.1) is 22.7 Å². The van der Waals surface area contributed by atoms with Crippen LogP contribution in [-0.2, 0) is 0 Å². The summed E-state index contributed by atoms with van der Waals surface area (Å²) >= 11 is 3.64. The van der Waals surface area contributed by atoms with Gasteiger partial charge in [-0.2, -0.15) is 5.26 Å². The topological polar surface area (TPSA) is 33.6 Å². The first-order valence-corrected chi connectivity index (χ1v) is 14.8. The van der Waals surface area contributed by atoms with Gasteiger partial charge in [0, 0.05) is 30.9 Å². The summed E-state index contributed by atoms with van der Waals surface area (Å²) in [5, 5.41) is 15.7. The lowest BCUT2D eigenvalue weighted by Crippen LogP contribution is -2.03. The van der Waals surface area contributed by atoms with Gasteiger partial charge in [0.05, 0.1) is 42.8 Å². The minimum Gasteiger partial charge on any atom is -0.306 e. The third kappa shape index (κ3) is 2.77. The third-order valence-corrected chi connectivity index (χ3v) is 10.4. The zero-order chi connectivity index (χ0) is 26.4. The molecule has 40 heavy (non-hydrogen) atoms. The van der Waals surface area contributed by atoms with Crippen LogP contribution in [0.15, 0.2) is 115 Å². The first kappa shape index (κ1) is 22.0. The average molecular weight is 546 g/mol. The van der Waals surface area contributed by atoms with Crippen molar-refractivity contribution in [2.45, 2.75) is 0 Å². The highest BCUT2D eigenvalue weighted by atomic mass is 32.1. The summed E-state index contributed by atoms with van der Waals surface area (Å²) in [6, 6.07) is 43.2. The van der Waals surface area contributed by atoms with Gasteiger partial charge in [-0.25, -0.2) is 0 Å². The molecule has 4 aromatic heterocycles. The fourth-order valence-corrected chi connectivity index (χ4v) is 8.79. The van der Waals surface area contributed by atoms with E-state index in [0.29, 0.717) is 5.56 Å². The molecule has 0 spiro atoms. The number of thiophene rings is 2. The third-order valence-electron chi connectivity index (χ3n) is 7.98. The maximum Gasteiger partial charge on any atom is 0.104 e. The van der Waals surface area contributed by atoms with Crippen LogP contribution in [0.1, 0.15) is 5.56 Å². The van der Waals surface area contributed by atoms with Crippen molar-refractivity contribution in [3.05, 3.63) is 121 Å². The van der Waals surface area contributed by atoms with Gasteiger partial charge in [0.2, 0.25) is 0 Å². The molecule has 3 nitrogen and oxygen atoms in total. The average Bonchev–Trinajstić information content (AvgIpc) is 3.73. The Morgan fingerprint density at radius 1 is 0.475 bits per heavy atom. The van der Waals surface area contributed by atoms with Crippen LogP contribution in [0.2, 0.25) is 0 Å². The number of nitriles is 1. The van der Waals surface area contributed by atoms with Crippen molar-refractivity contribution in [1.82, 2.24) is 9.13 Å². The van der Waals surface area contributed by atoms with Crippen LogP contribution >= 0.6 is 22.7 Å². The molecule has 0 amide bonds. The number of nitrogens with zero attached hydrogens (tertiary/aromatic N) is 3. The summed E-state index contributed by atoms with van der Waals surface area (Å²) in [5.41, 5.74) is 7.04. The van der Waals surface area contributed by atoms with E-state index in [-0.39, 0.29) is 0 Å². The minimum atomic E-state index is 0.665. The molecule has 0 fully saturated rings. The maximum atomic E-state index is 10.8. The number of fused-ring (bicyclic) bond motifs is 10. The second-order valence-electron chi connectivity index (χ2n) is 10.0. The van der Waals surface area contributed by atoms with E-state index < -0.39 is 0 Å². The lowest BCUT2D eigenvalue weighted by atomic mass is 10.1. The summed E-state index contributed by atoms with van der Waals surface area (Å²) in [6.07, 6.45) is 0. The molecule has 4 heterocycles. The van der Waals surface area contributed by atoms with Crippen molar-refractivity contribution in [2.24, 2.45) is 0 Å². The summed E-state index contributed by atoms with van der Waals surface area (Å²) in [4.78, 5) is 0. The Bertz CT molecular complexity index is 2330. The molecule has 0 aliphatic rings. The molecule has 0 unspecified atom stereocenters. The Hall–Kier alpha value is -4.89. The number of rotatable bonds is 2. The molecule has 0 atom stereocenters. The number of benzene rings is 5.